The number of benzene rings is 2. The van der Waals surface area contributed by atoms with Crippen LogP contribution >= 0.6 is 23.2 Å². The number of halogens is 5. The Bertz CT molecular complexity index is 1010. The first-order valence-electron chi connectivity index (χ1n) is 9.95. The Kier molecular flexibility index (Phi) is 6.77. The van der Waals surface area contributed by atoms with Gasteiger partial charge in [-0.05, 0) is 56.2 Å². The summed E-state index contributed by atoms with van der Waals surface area (Å²) in [4.78, 5) is 15.7. The van der Waals surface area contributed by atoms with Gasteiger partial charge in [0.1, 0.15) is 5.60 Å². The summed E-state index contributed by atoms with van der Waals surface area (Å²) in [5, 5.41) is 0.402. The highest BCUT2D eigenvalue weighted by molar-refractivity contribution is 6.42. The molecular formula is C22H24Cl2F3N3O2. The molecule has 32 heavy (non-hydrogen) atoms. The minimum Gasteiger partial charge on any atom is -0.444 e. The van der Waals surface area contributed by atoms with Crippen LogP contribution in [0.3, 0.4) is 0 Å². The van der Waals surface area contributed by atoms with Gasteiger partial charge in [-0.25, -0.2) is 4.79 Å². The average Bonchev–Trinajstić information content (AvgIpc) is 2.68. The van der Waals surface area contributed by atoms with Crippen molar-refractivity contribution in [2.24, 2.45) is 0 Å². The van der Waals surface area contributed by atoms with Crippen molar-refractivity contribution in [3.63, 3.8) is 0 Å². The molecule has 1 aliphatic rings. The van der Waals surface area contributed by atoms with Crippen LogP contribution < -0.4 is 10.6 Å². The van der Waals surface area contributed by atoms with E-state index < -0.39 is 23.4 Å². The first-order chi connectivity index (χ1) is 14.8. The average molecular weight is 490 g/mol. The predicted octanol–water partition coefficient (Wildman–Crippen LogP) is 6.32. The Morgan fingerprint density at radius 1 is 1.00 bits per heavy atom. The van der Waals surface area contributed by atoms with Gasteiger partial charge in [0.25, 0.3) is 0 Å². The summed E-state index contributed by atoms with van der Waals surface area (Å²) in [6.45, 7) is 6.87. The molecule has 1 amide bonds. The molecule has 1 heterocycles. The molecule has 2 aromatic rings. The molecule has 2 N–H and O–H groups in total. The molecule has 2 aromatic carbocycles. The second-order valence-corrected chi connectivity index (χ2v) is 9.35. The van der Waals surface area contributed by atoms with E-state index >= 15 is 0 Å². The van der Waals surface area contributed by atoms with Gasteiger partial charge in [0, 0.05) is 26.2 Å². The Morgan fingerprint density at radius 3 is 2.16 bits per heavy atom. The molecule has 0 radical (unpaired) electrons. The van der Waals surface area contributed by atoms with Gasteiger partial charge in [0.05, 0.1) is 27.0 Å². The molecule has 174 valence electrons. The molecular weight excluding hydrogens is 466 g/mol. The number of carbonyl (C=O) groups excluding carboxylic acids is 1. The van der Waals surface area contributed by atoms with Crippen molar-refractivity contribution in [2.45, 2.75) is 32.5 Å². The monoisotopic (exact) mass is 489 g/mol. The molecule has 0 aromatic heterocycles. The van der Waals surface area contributed by atoms with Crippen molar-refractivity contribution < 1.29 is 22.7 Å². The number of carbonyl (C=O) groups is 1. The number of anilines is 2. The number of nitrogen functional groups attached to an aromatic ring is 1. The number of hydrogen-bond donors (Lipinski definition) is 1. The third-order valence-corrected chi connectivity index (χ3v) is 5.71. The number of piperazine rings is 1. The van der Waals surface area contributed by atoms with Crippen LogP contribution in [-0.2, 0) is 10.9 Å². The van der Waals surface area contributed by atoms with Gasteiger partial charge in [0.2, 0.25) is 0 Å². The zero-order valence-corrected chi connectivity index (χ0v) is 19.4. The molecule has 1 fully saturated rings. The number of nitrogens with two attached hydrogens (primary N) is 1. The quantitative estimate of drug-likeness (QED) is 0.501. The third kappa shape index (κ3) is 5.53. The minimum absolute atomic E-state index is 0.00635. The lowest BCUT2D eigenvalue weighted by Gasteiger charge is -2.37. The molecule has 0 spiro atoms. The number of alkyl halides is 3. The summed E-state index contributed by atoms with van der Waals surface area (Å²) >= 11 is 12.0. The van der Waals surface area contributed by atoms with Crippen LogP contribution in [0.5, 0.6) is 0 Å². The maximum absolute atomic E-state index is 13.8. The number of amides is 1. The van der Waals surface area contributed by atoms with Gasteiger partial charge < -0.3 is 20.3 Å². The zero-order valence-electron chi connectivity index (χ0n) is 17.9. The topological polar surface area (TPSA) is 58.8 Å². The third-order valence-electron chi connectivity index (χ3n) is 4.97. The first-order valence-corrected chi connectivity index (χ1v) is 10.7. The Balaban J connectivity index is 1.91. The summed E-state index contributed by atoms with van der Waals surface area (Å²) in [7, 11) is 0. The van der Waals surface area contributed by atoms with Crippen molar-refractivity contribution in [2.75, 3.05) is 36.8 Å². The fourth-order valence-electron chi connectivity index (χ4n) is 3.47. The highest BCUT2D eigenvalue weighted by Crippen LogP contribution is 2.43. The maximum Gasteiger partial charge on any atom is 0.417 e. The van der Waals surface area contributed by atoms with Crippen LogP contribution in [0.1, 0.15) is 26.3 Å². The van der Waals surface area contributed by atoms with E-state index in [4.69, 9.17) is 33.7 Å². The van der Waals surface area contributed by atoms with Crippen LogP contribution in [0, 0.1) is 0 Å². The lowest BCUT2D eigenvalue weighted by atomic mass is 9.97. The standard InChI is InChI=1S/C22H24Cl2F3N3O2/c1-21(2,3)32-20(31)30-8-6-29(7-9-30)19-11-14(13-4-5-16(23)17(24)10-13)15(12-18(19)28)22(25,26)27/h4-5,10-12H,6-9,28H2,1-3H3. The maximum atomic E-state index is 13.8. The fourth-order valence-corrected chi connectivity index (χ4v) is 3.77. The molecule has 10 heteroatoms. The molecule has 3 rings (SSSR count). The van der Waals surface area contributed by atoms with Crippen molar-refractivity contribution in [3.05, 3.63) is 45.9 Å². The molecule has 1 aliphatic heterocycles. The van der Waals surface area contributed by atoms with E-state index in [-0.39, 0.29) is 26.9 Å². The summed E-state index contributed by atoms with van der Waals surface area (Å²) in [5.41, 5.74) is 5.27. The van der Waals surface area contributed by atoms with Crippen LogP contribution in [0.2, 0.25) is 10.0 Å². The van der Waals surface area contributed by atoms with Gasteiger partial charge in [-0.2, -0.15) is 13.2 Å². The summed E-state index contributed by atoms with van der Waals surface area (Å²) in [5.74, 6) is 0. The Hall–Kier alpha value is -2.32. The minimum atomic E-state index is -4.61. The highest BCUT2D eigenvalue weighted by Gasteiger charge is 2.35. The number of hydrogen-bond acceptors (Lipinski definition) is 4. The van der Waals surface area contributed by atoms with Crippen molar-refractivity contribution in [1.82, 2.24) is 4.90 Å². The summed E-state index contributed by atoms with van der Waals surface area (Å²) in [6.07, 6.45) is -5.03. The van der Waals surface area contributed by atoms with E-state index in [0.29, 0.717) is 31.9 Å². The molecule has 0 unspecified atom stereocenters. The van der Waals surface area contributed by atoms with Gasteiger partial charge >= 0.3 is 12.3 Å². The predicted molar refractivity (Wildman–Crippen MR) is 121 cm³/mol. The lowest BCUT2D eigenvalue weighted by Crippen LogP contribution is -2.50. The molecule has 0 aliphatic carbocycles. The van der Waals surface area contributed by atoms with E-state index in [1.807, 2.05) is 4.90 Å². The molecule has 1 saturated heterocycles. The van der Waals surface area contributed by atoms with Crippen LogP contribution in [0.15, 0.2) is 30.3 Å². The smallest absolute Gasteiger partial charge is 0.417 e. The van der Waals surface area contributed by atoms with E-state index in [1.165, 1.54) is 24.3 Å². The summed E-state index contributed by atoms with van der Waals surface area (Å²) in [6, 6.07) is 6.69. The van der Waals surface area contributed by atoms with Crippen LogP contribution in [-0.4, -0.2) is 42.8 Å². The number of ether oxygens (including phenoxy) is 1. The molecule has 0 atom stereocenters. The second kappa shape index (κ2) is 8.90. The molecule has 5 nitrogen and oxygen atoms in total. The van der Waals surface area contributed by atoms with Crippen LogP contribution in [0.4, 0.5) is 29.3 Å². The Labute approximate surface area is 194 Å². The Morgan fingerprint density at radius 2 is 1.62 bits per heavy atom. The van der Waals surface area contributed by atoms with E-state index in [9.17, 15) is 18.0 Å². The second-order valence-electron chi connectivity index (χ2n) is 8.54. The van der Waals surface area contributed by atoms with Gasteiger partial charge in [0.15, 0.2) is 0 Å². The van der Waals surface area contributed by atoms with Crippen molar-refractivity contribution >= 4 is 40.7 Å². The SMILES string of the molecule is CC(C)(C)OC(=O)N1CCN(c2cc(-c3ccc(Cl)c(Cl)c3)c(C(F)(F)F)cc2N)CC1. The normalized spacial score (nSPS) is 15.1. The van der Waals surface area contributed by atoms with Gasteiger partial charge in [-0.15, -0.1) is 0 Å². The highest BCUT2D eigenvalue weighted by atomic mass is 35.5. The van der Waals surface area contributed by atoms with Gasteiger partial charge in [-0.3, -0.25) is 0 Å². The number of nitrogens with zero attached hydrogens (tertiary/aromatic N) is 2. The van der Waals surface area contributed by atoms with Crippen molar-refractivity contribution in [1.29, 1.82) is 0 Å². The lowest BCUT2D eigenvalue weighted by molar-refractivity contribution is -0.137. The van der Waals surface area contributed by atoms with E-state index in [2.05, 4.69) is 0 Å². The molecule has 0 bridgehead atoms. The van der Waals surface area contributed by atoms with Crippen LogP contribution in [0.25, 0.3) is 11.1 Å². The first kappa shape index (κ1) is 24.3. The zero-order chi connectivity index (χ0) is 23.8. The largest absolute Gasteiger partial charge is 0.444 e. The van der Waals surface area contributed by atoms with Gasteiger partial charge in [-0.1, -0.05) is 29.3 Å². The number of rotatable bonds is 2. The van der Waals surface area contributed by atoms with E-state index in [1.54, 1.807) is 25.7 Å². The molecule has 0 saturated carbocycles. The summed E-state index contributed by atoms with van der Waals surface area (Å²) < 4.78 is 46.7. The van der Waals surface area contributed by atoms with Crippen molar-refractivity contribution in [3.8, 4) is 11.1 Å². The van der Waals surface area contributed by atoms with E-state index in [0.717, 1.165) is 6.07 Å². The fraction of sp³-hybridized carbons (Fsp3) is 0.409.